The van der Waals surface area contributed by atoms with Gasteiger partial charge in [0.2, 0.25) is 0 Å². The van der Waals surface area contributed by atoms with Crippen LogP contribution in [0, 0.1) is 0 Å². The van der Waals surface area contributed by atoms with Crippen LogP contribution in [0.15, 0.2) is 48.5 Å². The smallest absolute Gasteiger partial charge is 0.261 e. The first kappa shape index (κ1) is 18.7. The molecule has 1 aliphatic heterocycles. The molecule has 1 heterocycles. The lowest BCUT2D eigenvalue weighted by molar-refractivity contribution is -0.127. The van der Waals surface area contributed by atoms with E-state index < -0.39 is 6.10 Å². The number of likely N-dealkylation sites (tertiary alicyclic amines) is 1. The van der Waals surface area contributed by atoms with E-state index in [1.807, 2.05) is 6.07 Å². The molecule has 138 valence electrons. The van der Waals surface area contributed by atoms with Gasteiger partial charge in [-0.15, -0.1) is 0 Å². The molecule has 3 rings (SSSR count). The number of benzene rings is 2. The third-order valence-electron chi connectivity index (χ3n) is 4.64. The first-order chi connectivity index (χ1) is 12.6. The van der Waals surface area contributed by atoms with Crippen LogP contribution in [0.25, 0.3) is 0 Å². The average molecular weight is 373 g/mol. The molecule has 1 N–H and O–H groups in total. The van der Waals surface area contributed by atoms with Crippen LogP contribution in [-0.2, 0) is 17.9 Å². The first-order valence-electron chi connectivity index (χ1n) is 9.11. The van der Waals surface area contributed by atoms with Crippen LogP contribution in [0.4, 0.5) is 0 Å². The van der Waals surface area contributed by atoms with Gasteiger partial charge in [0.1, 0.15) is 5.75 Å². The van der Waals surface area contributed by atoms with Crippen molar-refractivity contribution >= 4 is 17.5 Å². The first-order valence-corrected chi connectivity index (χ1v) is 9.48. The van der Waals surface area contributed by atoms with Crippen molar-refractivity contribution in [2.24, 2.45) is 0 Å². The normalized spacial score (nSPS) is 15.6. The fraction of sp³-hybridized carbons (Fsp3) is 0.381. The van der Waals surface area contributed by atoms with Gasteiger partial charge in [0.25, 0.3) is 5.91 Å². The maximum absolute atomic E-state index is 12.4. The summed E-state index contributed by atoms with van der Waals surface area (Å²) in [7, 11) is 0. The Hall–Kier alpha value is -2.04. The molecule has 2 aromatic rings. The molecule has 5 heteroatoms. The van der Waals surface area contributed by atoms with Crippen LogP contribution >= 0.6 is 11.6 Å². The van der Waals surface area contributed by atoms with Crippen molar-refractivity contribution in [2.45, 2.75) is 39.0 Å². The summed E-state index contributed by atoms with van der Waals surface area (Å²) in [6.45, 7) is 5.51. The zero-order valence-electron chi connectivity index (χ0n) is 15.1. The van der Waals surface area contributed by atoms with Crippen LogP contribution in [0.1, 0.15) is 30.9 Å². The van der Waals surface area contributed by atoms with Crippen LogP contribution < -0.4 is 10.1 Å². The number of rotatable bonds is 7. The van der Waals surface area contributed by atoms with Gasteiger partial charge in [-0.1, -0.05) is 41.9 Å². The Morgan fingerprint density at radius 1 is 1.15 bits per heavy atom. The molecule has 0 aromatic heterocycles. The van der Waals surface area contributed by atoms with Crippen molar-refractivity contribution in [3.63, 3.8) is 0 Å². The second kappa shape index (κ2) is 9.06. The van der Waals surface area contributed by atoms with Gasteiger partial charge in [0.15, 0.2) is 6.10 Å². The molecule has 0 bridgehead atoms. The third kappa shape index (κ3) is 5.23. The number of nitrogens with one attached hydrogen (secondary N) is 1. The van der Waals surface area contributed by atoms with Crippen LogP contribution in [0.5, 0.6) is 5.75 Å². The average Bonchev–Trinajstić information content (AvgIpc) is 3.14. The maximum Gasteiger partial charge on any atom is 0.261 e. The summed E-state index contributed by atoms with van der Waals surface area (Å²) in [5, 5.41) is 3.57. The fourth-order valence-corrected chi connectivity index (χ4v) is 3.37. The third-order valence-corrected chi connectivity index (χ3v) is 4.88. The van der Waals surface area contributed by atoms with Gasteiger partial charge in [-0.05, 0) is 62.2 Å². The molecule has 1 fully saturated rings. The highest BCUT2D eigenvalue weighted by atomic mass is 35.5. The SMILES string of the molecule is C[C@H](Oc1cccc(Cl)c1)C(=O)NCc1ccccc1CN1CCCC1. The molecule has 4 nitrogen and oxygen atoms in total. The van der Waals surface area contributed by atoms with E-state index in [0.29, 0.717) is 17.3 Å². The Morgan fingerprint density at radius 3 is 2.62 bits per heavy atom. The highest BCUT2D eigenvalue weighted by Gasteiger charge is 2.16. The van der Waals surface area contributed by atoms with Gasteiger partial charge in [-0.3, -0.25) is 9.69 Å². The molecular weight excluding hydrogens is 348 g/mol. The van der Waals surface area contributed by atoms with Crippen molar-refractivity contribution in [2.75, 3.05) is 13.1 Å². The van der Waals surface area contributed by atoms with E-state index in [4.69, 9.17) is 16.3 Å². The predicted molar refractivity (Wildman–Crippen MR) is 104 cm³/mol. The van der Waals surface area contributed by atoms with E-state index in [9.17, 15) is 4.79 Å². The molecule has 1 saturated heterocycles. The summed E-state index contributed by atoms with van der Waals surface area (Å²) in [5.74, 6) is 0.454. The lowest BCUT2D eigenvalue weighted by Gasteiger charge is -2.19. The fourth-order valence-electron chi connectivity index (χ4n) is 3.19. The summed E-state index contributed by atoms with van der Waals surface area (Å²) in [6.07, 6.45) is 1.97. The van der Waals surface area contributed by atoms with Crippen molar-refractivity contribution in [3.05, 3.63) is 64.7 Å². The van der Waals surface area contributed by atoms with Gasteiger partial charge in [-0.2, -0.15) is 0 Å². The van der Waals surface area contributed by atoms with E-state index in [-0.39, 0.29) is 5.91 Å². The minimum absolute atomic E-state index is 0.138. The van der Waals surface area contributed by atoms with Gasteiger partial charge < -0.3 is 10.1 Å². The van der Waals surface area contributed by atoms with Crippen molar-refractivity contribution in [1.82, 2.24) is 10.2 Å². The Balaban J connectivity index is 1.55. The zero-order valence-corrected chi connectivity index (χ0v) is 15.8. The number of amides is 1. The number of ether oxygens (including phenoxy) is 1. The number of hydrogen-bond acceptors (Lipinski definition) is 3. The van der Waals surface area contributed by atoms with E-state index in [2.05, 4.69) is 28.4 Å². The van der Waals surface area contributed by atoms with Crippen molar-refractivity contribution in [3.8, 4) is 5.75 Å². The van der Waals surface area contributed by atoms with Gasteiger partial charge >= 0.3 is 0 Å². The van der Waals surface area contributed by atoms with Gasteiger partial charge in [0, 0.05) is 18.1 Å². The topological polar surface area (TPSA) is 41.6 Å². The summed E-state index contributed by atoms with van der Waals surface area (Å²) < 4.78 is 5.68. The summed E-state index contributed by atoms with van der Waals surface area (Å²) >= 11 is 5.95. The highest BCUT2D eigenvalue weighted by molar-refractivity contribution is 6.30. The summed E-state index contributed by atoms with van der Waals surface area (Å²) in [6, 6.07) is 15.4. The standard InChI is InChI=1S/C21H25ClN2O2/c1-16(26-20-10-6-9-19(22)13-20)21(25)23-14-17-7-2-3-8-18(17)15-24-11-4-5-12-24/h2-3,6-10,13,16H,4-5,11-12,14-15H2,1H3,(H,23,25)/t16-/m0/s1. The Morgan fingerprint density at radius 2 is 1.88 bits per heavy atom. The molecule has 0 unspecified atom stereocenters. The molecule has 1 atom stereocenters. The van der Waals surface area contributed by atoms with Crippen molar-refractivity contribution < 1.29 is 9.53 Å². The molecule has 0 aliphatic carbocycles. The Labute approximate surface area is 160 Å². The number of halogens is 1. The molecule has 2 aromatic carbocycles. The summed E-state index contributed by atoms with van der Waals surface area (Å²) in [5.41, 5.74) is 2.43. The second-order valence-corrected chi connectivity index (χ2v) is 7.12. The molecule has 1 aliphatic rings. The van der Waals surface area contributed by atoms with Crippen LogP contribution in [0.3, 0.4) is 0 Å². The number of hydrogen-bond donors (Lipinski definition) is 1. The largest absolute Gasteiger partial charge is 0.481 e. The Bertz CT molecular complexity index is 744. The molecule has 0 saturated carbocycles. The number of carbonyl (C=O) groups is 1. The predicted octanol–water partition coefficient (Wildman–Crippen LogP) is 4.02. The summed E-state index contributed by atoms with van der Waals surface area (Å²) in [4.78, 5) is 14.8. The number of nitrogens with zero attached hydrogens (tertiary/aromatic N) is 1. The lowest BCUT2D eigenvalue weighted by atomic mass is 10.1. The van der Waals surface area contributed by atoms with E-state index >= 15 is 0 Å². The lowest BCUT2D eigenvalue weighted by Crippen LogP contribution is -2.36. The quantitative estimate of drug-likeness (QED) is 0.798. The maximum atomic E-state index is 12.4. The molecule has 0 radical (unpaired) electrons. The molecule has 1 amide bonds. The minimum Gasteiger partial charge on any atom is -0.481 e. The van der Waals surface area contributed by atoms with Crippen molar-refractivity contribution in [1.29, 1.82) is 0 Å². The highest BCUT2D eigenvalue weighted by Crippen LogP contribution is 2.19. The van der Waals surface area contributed by atoms with Gasteiger partial charge in [0.05, 0.1) is 0 Å². The molecule has 26 heavy (non-hydrogen) atoms. The van der Waals surface area contributed by atoms with Crippen LogP contribution in [-0.4, -0.2) is 30.0 Å². The van der Waals surface area contributed by atoms with E-state index in [1.54, 1.807) is 31.2 Å². The monoisotopic (exact) mass is 372 g/mol. The zero-order chi connectivity index (χ0) is 18.4. The van der Waals surface area contributed by atoms with Gasteiger partial charge in [-0.25, -0.2) is 0 Å². The minimum atomic E-state index is -0.584. The van der Waals surface area contributed by atoms with E-state index in [1.165, 1.54) is 18.4 Å². The van der Waals surface area contributed by atoms with Crippen LogP contribution in [0.2, 0.25) is 5.02 Å². The molecular formula is C21H25ClN2O2. The number of carbonyl (C=O) groups excluding carboxylic acids is 1. The van der Waals surface area contributed by atoms with E-state index in [0.717, 1.165) is 25.2 Å². The second-order valence-electron chi connectivity index (χ2n) is 6.69. The Kier molecular flexibility index (Phi) is 6.53. The molecule has 0 spiro atoms.